The number of amides is 1. The summed E-state index contributed by atoms with van der Waals surface area (Å²) in [6.45, 7) is 10.2. The van der Waals surface area contributed by atoms with E-state index in [-0.39, 0.29) is 16.9 Å². The summed E-state index contributed by atoms with van der Waals surface area (Å²) in [7, 11) is -3.94. The summed E-state index contributed by atoms with van der Waals surface area (Å²) >= 11 is 2.86. The van der Waals surface area contributed by atoms with Crippen LogP contribution in [0, 0.1) is 5.92 Å². The summed E-state index contributed by atoms with van der Waals surface area (Å²) in [5.41, 5.74) is 1.18. The normalized spacial score (nSPS) is 15.9. The number of carbonyl (C=O) groups excluding carboxylic acids is 1. The molecule has 36 heavy (non-hydrogen) atoms. The third-order valence-electron chi connectivity index (χ3n) is 5.49. The standard InChI is InChI=1S/C25H30N4O4S3/c1-16(2)15-34-24-28-27-23(35-24)26-22(30)21-14-29(36(31,32)18-9-7-6-8-10-18)19-13-17(25(3,4)5)11-12-20(19)33-21/h6-13,16,21H,14-15H2,1-5H3,(H,26,27,30)/t21-/m1/s1. The number of hydrogen-bond donors (Lipinski definition) is 1. The van der Waals surface area contributed by atoms with E-state index in [9.17, 15) is 13.2 Å². The van der Waals surface area contributed by atoms with E-state index < -0.39 is 22.0 Å². The van der Waals surface area contributed by atoms with Crippen molar-refractivity contribution in [1.29, 1.82) is 0 Å². The largest absolute Gasteiger partial charge is 0.476 e. The van der Waals surface area contributed by atoms with Crippen LogP contribution in [0.4, 0.5) is 10.8 Å². The highest BCUT2D eigenvalue weighted by Crippen LogP contribution is 2.40. The van der Waals surface area contributed by atoms with Crippen LogP contribution < -0.4 is 14.4 Å². The zero-order chi connectivity index (χ0) is 26.1. The Morgan fingerprint density at radius 3 is 2.58 bits per heavy atom. The molecule has 8 nitrogen and oxygen atoms in total. The number of benzene rings is 2. The molecule has 0 saturated heterocycles. The maximum atomic E-state index is 13.7. The Morgan fingerprint density at radius 1 is 1.19 bits per heavy atom. The van der Waals surface area contributed by atoms with Crippen LogP contribution in [0.2, 0.25) is 0 Å². The Morgan fingerprint density at radius 2 is 1.92 bits per heavy atom. The maximum Gasteiger partial charge on any atom is 0.269 e. The monoisotopic (exact) mass is 546 g/mol. The molecule has 0 unspecified atom stereocenters. The van der Waals surface area contributed by atoms with E-state index in [1.807, 2.05) is 12.1 Å². The van der Waals surface area contributed by atoms with Gasteiger partial charge in [-0.3, -0.25) is 14.4 Å². The van der Waals surface area contributed by atoms with Crippen molar-refractivity contribution in [1.82, 2.24) is 10.2 Å². The fraction of sp³-hybridized carbons (Fsp3) is 0.400. The molecule has 11 heteroatoms. The van der Waals surface area contributed by atoms with Crippen LogP contribution in [0.15, 0.2) is 57.8 Å². The van der Waals surface area contributed by atoms with Crippen LogP contribution in [0.1, 0.15) is 40.2 Å². The van der Waals surface area contributed by atoms with Crippen molar-refractivity contribution in [3.8, 4) is 5.75 Å². The molecule has 4 rings (SSSR count). The van der Waals surface area contributed by atoms with Gasteiger partial charge in [-0.05, 0) is 41.2 Å². The highest BCUT2D eigenvalue weighted by Gasteiger charge is 2.38. The highest BCUT2D eigenvalue weighted by molar-refractivity contribution is 8.01. The topological polar surface area (TPSA) is 101 Å². The summed E-state index contributed by atoms with van der Waals surface area (Å²) in [5, 5.41) is 11.3. The second-order valence-corrected chi connectivity index (χ2v) is 14.1. The van der Waals surface area contributed by atoms with E-state index in [2.05, 4.69) is 50.1 Å². The van der Waals surface area contributed by atoms with E-state index in [1.54, 1.807) is 48.2 Å². The minimum atomic E-state index is -3.94. The quantitative estimate of drug-likeness (QED) is 0.322. The van der Waals surface area contributed by atoms with E-state index >= 15 is 0 Å². The first-order valence-electron chi connectivity index (χ1n) is 11.6. The second-order valence-electron chi connectivity index (χ2n) is 9.96. The fourth-order valence-electron chi connectivity index (χ4n) is 3.54. The predicted octanol–water partition coefficient (Wildman–Crippen LogP) is 5.18. The molecule has 3 aromatic rings. The third kappa shape index (κ3) is 5.84. The van der Waals surface area contributed by atoms with Gasteiger partial charge in [0.2, 0.25) is 5.13 Å². The van der Waals surface area contributed by atoms with E-state index in [0.29, 0.717) is 22.5 Å². The lowest BCUT2D eigenvalue weighted by atomic mass is 9.86. The average Bonchev–Trinajstić information content (AvgIpc) is 3.28. The number of fused-ring (bicyclic) bond motifs is 1. The first-order chi connectivity index (χ1) is 16.9. The smallest absolute Gasteiger partial charge is 0.269 e. The number of carbonyl (C=O) groups is 1. The second kappa shape index (κ2) is 10.4. The number of thioether (sulfide) groups is 1. The van der Waals surface area contributed by atoms with Gasteiger partial charge in [0.05, 0.1) is 17.1 Å². The number of ether oxygens (including phenoxy) is 1. The van der Waals surface area contributed by atoms with Crippen LogP contribution in [0.5, 0.6) is 5.75 Å². The van der Waals surface area contributed by atoms with Crippen molar-refractivity contribution < 1.29 is 17.9 Å². The number of aromatic nitrogens is 2. The van der Waals surface area contributed by atoms with Crippen LogP contribution in [0.25, 0.3) is 0 Å². The SMILES string of the molecule is CC(C)CSc1nnc(NC(=O)[C@H]2CN(S(=O)(=O)c3ccccc3)c3cc(C(C)(C)C)ccc3O2)s1. The van der Waals surface area contributed by atoms with Gasteiger partial charge in [0.1, 0.15) is 5.75 Å². The van der Waals surface area contributed by atoms with Crippen LogP contribution in [-0.2, 0) is 20.2 Å². The van der Waals surface area contributed by atoms with Gasteiger partial charge < -0.3 is 4.74 Å². The molecule has 0 fully saturated rings. The fourth-order valence-corrected chi connectivity index (χ4v) is 6.76. The lowest BCUT2D eigenvalue weighted by molar-refractivity contribution is -0.122. The van der Waals surface area contributed by atoms with Gasteiger partial charge >= 0.3 is 0 Å². The Balaban J connectivity index is 1.64. The molecule has 1 aromatic heterocycles. The molecule has 0 saturated carbocycles. The number of anilines is 2. The van der Waals surface area contributed by atoms with Gasteiger partial charge in [0.25, 0.3) is 15.9 Å². The third-order valence-corrected chi connectivity index (χ3v) is 9.69. The molecular weight excluding hydrogens is 517 g/mol. The van der Waals surface area contributed by atoms with Crippen LogP contribution >= 0.6 is 23.1 Å². The van der Waals surface area contributed by atoms with Crippen molar-refractivity contribution in [2.24, 2.45) is 5.92 Å². The number of sulfonamides is 1. The summed E-state index contributed by atoms with van der Waals surface area (Å²) in [6.07, 6.45) is -1.06. The van der Waals surface area contributed by atoms with E-state index in [4.69, 9.17) is 4.74 Å². The summed E-state index contributed by atoms with van der Waals surface area (Å²) in [5.74, 6) is 1.25. The minimum absolute atomic E-state index is 0.147. The Kier molecular flexibility index (Phi) is 7.63. The van der Waals surface area contributed by atoms with Crippen molar-refractivity contribution in [3.05, 3.63) is 54.1 Å². The van der Waals surface area contributed by atoms with Gasteiger partial charge in [-0.1, -0.05) is 82.0 Å². The Labute approximate surface area is 220 Å². The zero-order valence-corrected chi connectivity index (χ0v) is 23.3. The minimum Gasteiger partial charge on any atom is -0.476 e. The number of nitrogens with zero attached hydrogens (tertiary/aromatic N) is 3. The van der Waals surface area contributed by atoms with Crippen LogP contribution in [-0.4, -0.2) is 42.9 Å². The highest BCUT2D eigenvalue weighted by atomic mass is 32.2. The van der Waals surface area contributed by atoms with Gasteiger partial charge in [0, 0.05) is 5.75 Å². The summed E-state index contributed by atoms with van der Waals surface area (Å²) < 4.78 is 35.4. The first kappa shape index (κ1) is 26.4. The molecule has 2 aromatic carbocycles. The molecule has 1 aliphatic heterocycles. The molecule has 1 N–H and O–H groups in total. The molecule has 1 amide bonds. The first-order valence-corrected chi connectivity index (χ1v) is 14.9. The van der Waals surface area contributed by atoms with Gasteiger partial charge in [0.15, 0.2) is 10.4 Å². The van der Waals surface area contributed by atoms with Crippen molar-refractivity contribution >= 4 is 49.8 Å². The molecule has 1 aliphatic rings. The molecule has 2 heterocycles. The maximum absolute atomic E-state index is 13.7. The molecule has 0 aliphatic carbocycles. The van der Waals surface area contributed by atoms with Crippen molar-refractivity contribution in [3.63, 3.8) is 0 Å². The predicted molar refractivity (Wildman–Crippen MR) is 145 cm³/mol. The average molecular weight is 547 g/mol. The summed E-state index contributed by atoms with van der Waals surface area (Å²) in [6, 6.07) is 13.7. The van der Waals surface area contributed by atoms with Crippen LogP contribution in [0.3, 0.4) is 0 Å². The van der Waals surface area contributed by atoms with Crippen molar-refractivity contribution in [2.45, 2.75) is 55.4 Å². The molecule has 0 spiro atoms. The van der Waals surface area contributed by atoms with E-state index in [0.717, 1.165) is 15.7 Å². The molecule has 0 bridgehead atoms. The van der Waals surface area contributed by atoms with Crippen molar-refractivity contribution in [2.75, 3.05) is 21.9 Å². The zero-order valence-electron chi connectivity index (χ0n) is 20.9. The number of rotatable bonds is 7. The lowest BCUT2D eigenvalue weighted by Crippen LogP contribution is -2.49. The number of hydrogen-bond acceptors (Lipinski definition) is 8. The molecule has 0 radical (unpaired) electrons. The Hall–Kier alpha value is -2.63. The van der Waals surface area contributed by atoms with E-state index in [1.165, 1.54) is 15.6 Å². The lowest BCUT2D eigenvalue weighted by Gasteiger charge is -2.35. The molecule has 192 valence electrons. The molecule has 1 atom stereocenters. The number of nitrogens with one attached hydrogen (secondary N) is 1. The van der Waals surface area contributed by atoms with Gasteiger partial charge in [-0.15, -0.1) is 10.2 Å². The van der Waals surface area contributed by atoms with Gasteiger partial charge in [-0.25, -0.2) is 8.42 Å². The summed E-state index contributed by atoms with van der Waals surface area (Å²) in [4.78, 5) is 13.3. The molecular formula is C25H30N4O4S3. The van der Waals surface area contributed by atoms with Gasteiger partial charge in [-0.2, -0.15) is 0 Å². The Bertz CT molecular complexity index is 1330.